The maximum Gasteiger partial charge on any atom is 0.203 e. The summed E-state index contributed by atoms with van der Waals surface area (Å²) >= 11 is 0. The quantitative estimate of drug-likeness (QED) is 0.665. The molecule has 0 N–H and O–H groups in total. The Morgan fingerprint density at radius 3 is 2.48 bits per heavy atom. The van der Waals surface area contributed by atoms with E-state index in [2.05, 4.69) is 10.3 Å². The molecule has 6 nitrogen and oxygen atoms in total. The van der Waals surface area contributed by atoms with Gasteiger partial charge in [-0.2, -0.15) is 0 Å². The van der Waals surface area contributed by atoms with Gasteiger partial charge in [0.1, 0.15) is 16.5 Å². The maximum atomic E-state index is 13.0. The summed E-state index contributed by atoms with van der Waals surface area (Å²) in [4.78, 5) is 5.24. The highest BCUT2D eigenvalue weighted by molar-refractivity contribution is 8.06. The molecule has 2 aromatic carbocycles. The first kappa shape index (κ1) is 17.7. The van der Waals surface area contributed by atoms with Crippen LogP contribution in [0.5, 0.6) is 0 Å². The fraction of sp³-hybridized carbons (Fsp3) is 0.300. The number of benzene rings is 2. The van der Waals surface area contributed by atoms with E-state index in [4.69, 9.17) is 9.36 Å². The molecule has 1 aliphatic heterocycles. The SMILES string of the molecule is CC(c1noc2ccc(-c3ccccc3)cc12)S(=O)(=O)C1=NOC(C)(C)C1. The number of oxime groups is 1. The molecular formula is C20H20N2O4S. The van der Waals surface area contributed by atoms with E-state index in [9.17, 15) is 8.42 Å². The van der Waals surface area contributed by atoms with Crippen LogP contribution < -0.4 is 0 Å². The summed E-state index contributed by atoms with van der Waals surface area (Å²) < 4.78 is 31.4. The number of fused-ring (bicyclic) bond motifs is 1. The molecule has 2 heterocycles. The average Bonchev–Trinajstić information content (AvgIpc) is 3.24. The topological polar surface area (TPSA) is 81.8 Å². The third-order valence-electron chi connectivity index (χ3n) is 4.76. The van der Waals surface area contributed by atoms with Gasteiger partial charge >= 0.3 is 0 Å². The van der Waals surface area contributed by atoms with Crippen LogP contribution in [0.15, 0.2) is 58.2 Å². The van der Waals surface area contributed by atoms with Crippen molar-refractivity contribution < 1.29 is 17.8 Å². The Morgan fingerprint density at radius 1 is 1.07 bits per heavy atom. The van der Waals surface area contributed by atoms with Gasteiger partial charge < -0.3 is 9.36 Å². The summed E-state index contributed by atoms with van der Waals surface area (Å²) in [7, 11) is -3.70. The van der Waals surface area contributed by atoms with Crippen LogP contribution in [0.1, 0.15) is 38.1 Å². The van der Waals surface area contributed by atoms with Gasteiger partial charge in [0.25, 0.3) is 0 Å². The Labute approximate surface area is 157 Å². The largest absolute Gasteiger partial charge is 0.389 e. The van der Waals surface area contributed by atoms with Gasteiger partial charge in [-0.05, 0) is 44.0 Å². The summed E-state index contributed by atoms with van der Waals surface area (Å²) in [6.07, 6.45) is 0.241. The molecule has 0 radical (unpaired) electrons. The molecule has 0 fully saturated rings. The van der Waals surface area contributed by atoms with Crippen LogP contribution in [-0.4, -0.2) is 24.2 Å². The van der Waals surface area contributed by atoms with Gasteiger partial charge in [0.2, 0.25) is 9.84 Å². The van der Waals surface area contributed by atoms with Crippen molar-refractivity contribution in [2.24, 2.45) is 5.16 Å². The zero-order valence-electron chi connectivity index (χ0n) is 15.3. The third kappa shape index (κ3) is 3.12. The van der Waals surface area contributed by atoms with Crippen molar-refractivity contribution in [2.75, 3.05) is 0 Å². The molecule has 0 bridgehead atoms. The number of nitrogens with zero attached hydrogens (tertiary/aromatic N) is 2. The van der Waals surface area contributed by atoms with E-state index in [-0.39, 0.29) is 11.5 Å². The molecule has 7 heteroatoms. The molecule has 0 saturated heterocycles. The van der Waals surface area contributed by atoms with Crippen LogP contribution >= 0.6 is 0 Å². The first-order chi connectivity index (χ1) is 12.8. The monoisotopic (exact) mass is 384 g/mol. The van der Waals surface area contributed by atoms with E-state index in [1.165, 1.54) is 0 Å². The van der Waals surface area contributed by atoms with Gasteiger partial charge in [-0.15, -0.1) is 0 Å². The number of hydrogen-bond acceptors (Lipinski definition) is 6. The van der Waals surface area contributed by atoms with Crippen LogP contribution in [0.3, 0.4) is 0 Å². The molecule has 3 aromatic rings. The Hall–Kier alpha value is -2.67. The molecule has 1 atom stereocenters. The second kappa shape index (κ2) is 6.20. The molecule has 0 saturated carbocycles. The Bertz CT molecular complexity index is 1130. The molecule has 27 heavy (non-hydrogen) atoms. The van der Waals surface area contributed by atoms with Gasteiger partial charge in [0.15, 0.2) is 10.6 Å². The van der Waals surface area contributed by atoms with E-state index in [0.29, 0.717) is 16.7 Å². The van der Waals surface area contributed by atoms with Crippen LogP contribution in [0.2, 0.25) is 0 Å². The van der Waals surface area contributed by atoms with E-state index in [1.807, 2.05) is 48.5 Å². The van der Waals surface area contributed by atoms with Crippen molar-refractivity contribution in [3.63, 3.8) is 0 Å². The van der Waals surface area contributed by atoms with Gasteiger partial charge in [-0.1, -0.05) is 46.7 Å². The van der Waals surface area contributed by atoms with E-state index in [0.717, 1.165) is 11.1 Å². The predicted molar refractivity (Wildman–Crippen MR) is 104 cm³/mol. The Balaban J connectivity index is 1.75. The zero-order chi connectivity index (χ0) is 19.2. The smallest absolute Gasteiger partial charge is 0.203 e. The number of sulfone groups is 1. The summed E-state index contributed by atoms with van der Waals surface area (Å²) in [6, 6.07) is 15.5. The minimum Gasteiger partial charge on any atom is -0.389 e. The van der Waals surface area contributed by atoms with Crippen LogP contribution in [-0.2, 0) is 14.7 Å². The van der Waals surface area contributed by atoms with Crippen molar-refractivity contribution in [2.45, 2.75) is 38.0 Å². The fourth-order valence-corrected chi connectivity index (χ4v) is 4.73. The Kier molecular flexibility index (Phi) is 4.07. The van der Waals surface area contributed by atoms with Gasteiger partial charge in [0.05, 0.1) is 0 Å². The molecule has 0 spiro atoms. The minimum absolute atomic E-state index is 0.0513. The third-order valence-corrected chi connectivity index (χ3v) is 6.79. The highest BCUT2D eigenvalue weighted by Crippen LogP contribution is 2.35. The first-order valence-electron chi connectivity index (χ1n) is 8.72. The van der Waals surface area contributed by atoms with Crippen LogP contribution in [0.25, 0.3) is 22.1 Å². The van der Waals surface area contributed by atoms with Gasteiger partial charge in [-0.25, -0.2) is 8.42 Å². The molecule has 1 aromatic heterocycles. The van der Waals surface area contributed by atoms with Crippen molar-refractivity contribution >= 4 is 25.9 Å². The fourth-order valence-electron chi connectivity index (χ4n) is 3.17. The number of hydrogen-bond donors (Lipinski definition) is 0. The summed E-state index contributed by atoms with van der Waals surface area (Å²) in [5.74, 6) is 0. The molecule has 1 unspecified atom stereocenters. The highest BCUT2D eigenvalue weighted by atomic mass is 32.2. The van der Waals surface area contributed by atoms with E-state index in [1.54, 1.807) is 20.8 Å². The number of rotatable bonds is 3. The summed E-state index contributed by atoms with van der Waals surface area (Å²) in [5.41, 5.74) is 2.33. The molecule has 140 valence electrons. The van der Waals surface area contributed by atoms with Gasteiger partial charge in [-0.3, -0.25) is 0 Å². The van der Waals surface area contributed by atoms with Crippen LogP contribution in [0.4, 0.5) is 0 Å². The van der Waals surface area contributed by atoms with E-state index < -0.39 is 20.7 Å². The first-order valence-corrected chi connectivity index (χ1v) is 10.3. The lowest BCUT2D eigenvalue weighted by Crippen LogP contribution is -2.25. The minimum atomic E-state index is -3.70. The Morgan fingerprint density at radius 2 is 1.81 bits per heavy atom. The summed E-state index contributed by atoms with van der Waals surface area (Å²) in [5, 5.41) is 7.71. The maximum absolute atomic E-state index is 13.0. The molecule has 0 aliphatic carbocycles. The van der Waals surface area contributed by atoms with Gasteiger partial charge in [0, 0.05) is 11.8 Å². The van der Waals surface area contributed by atoms with E-state index >= 15 is 0 Å². The molecule has 0 amide bonds. The highest BCUT2D eigenvalue weighted by Gasteiger charge is 2.40. The molecule has 4 rings (SSSR count). The summed E-state index contributed by atoms with van der Waals surface area (Å²) in [6.45, 7) is 5.22. The number of aromatic nitrogens is 1. The molecule has 1 aliphatic rings. The predicted octanol–water partition coefficient (Wildman–Crippen LogP) is 4.48. The molecular weight excluding hydrogens is 364 g/mol. The lowest BCUT2D eigenvalue weighted by Gasteiger charge is -2.14. The second-order valence-electron chi connectivity index (χ2n) is 7.34. The zero-order valence-corrected chi connectivity index (χ0v) is 16.2. The van der Waals surface area contributed by atoms with Crippen molar-refractivity contribution in [3.05, 3.63) is 54.2 Å². The second-order valence-corrected chi connectivity index (χ2v) is 9.61. The standard InChI is InChI=1S/C20H20N2O4S/c1-13(27(23,24)18-12-20(2,3)26-21-18)19-16-11-15(9-10-17(16)25-22-19)14-7-5-4-6-8-14/h4-11,13H,12H2,1-3H3. The normalized spacial score (nSPS) is 17.5. The van der Waals surface area contributed by atoms with Crippen molar-refractivity contribution in [3.8, 4) is 11.1 Å². The lowest BCUT2D eigenvalue weighted by atomic mass is 10.0. The average molecular weight is 384 g/mol. The van der Waals surface area contributed by atoms with Crippen LogP contribution in [0, 0.1) is 0 Å². The van der Waals surface area contributed by atoms with Crippen molar-refractivity contribution in [1.82, 2.24) is 5.16 Å². The van der Waals surface area contributed by atoms with Crippen molar-refractivity contribution in [1.29, 1.82) is 0 Å². The lowest BCUT2D eigenvalue weighted by molar-refractivity contribution is 0.0123.